The van der Waals surface area contributed by atoms with Crippen LogP contribution in [0.25, 0.3) is 0 Å². The van der Waals surface area contributed by atoms with Crippen LogP contribution >= 0.6 is 0 Å². The standard InChI is InChI=1S/C33H37NO10/c1-38-21-14-12-20(13-15-21)33-26(19-8-5-4-6-9-19)25(29(36)43-31-30(40-3)41-18-22(42-31)16-17-34)28(35)32(33,37)27-23(39-2)10-7-11-24(27)44-33/h4-15,22,25-26,28,30-31,35,37H,16-18,34H2,1-3H3/t22-,25?,26?,28?,30+,31-,32?,33?/m0/s1. The van der Waals surface area contributed by atoms with E-state index in [4.69, 9.17) is 38.9 Å². The number of hydrogen-bond acceptors (Lipinski definition) is 11. The van der Waals surface area contributed by atoms with Crippen LogP contribution in [0.3, 0.4) is 0 Å². The Bertz CT molecular complexity index is 1470. The molecule has 11 nitrogen and oxygen atoms in total. The highest BCUT2D eigenvalue weighted by molar-refractivity contribution is 5.78. The molecule has 234 valence electrons. The molecular weight excluding hydrogens is 570 g/mol. The van der Waals surface area contributed by atoms with Gasteiger partial charge in [-0.1, -0.05) is 48.5 Å². The first-order valence-electron chi connectivity index (χ1n) is 14.5. The number of nitrogens with two attached hydrogens (primary N) is 1. The first-order valence-corrected chi connectivity index (χ1v) is 14.5. The monoisotopic (exact) mass is 607 g/mol. The zero-order chi connectivity index (χ0) is 31.1. The molecule has 0 bridgehead atoms. The van der Waals surface area contributed by atoms with Crippen molar-refractivity contribution in [3.8, 4) is 17.2 Å². The molecule has 1 saturated heterocycles. The van der Waals surface area contributed by atoms with E-state index in [1.165, 1.54) is 14.2 Å². The third-order valence-electron chi connectivity index (χ3n) is 8.89. The molecule has 2 aliphatic heterocycles. The van der Waals surface area contributed by atoms with Crippen molar-refractivity contribution in [3.63, 3.8) is 0 Å². The van der Waals surface area contributed by atoms with Crippen LogP contribution in [0.2, 0.25) is 0 Å². The normalized spacial score (nSPS) is 32.3. The van der Waals surface area contributed by atoms with Crippen LogP contribution in [0.15, 0.2) is 72.8 Å². The van der Waals surface area contributed by atoms with Crippen LogP contribution < -0.4 is 19.9 Å². The second-order valence-electron chi connectivity index (χ2n) is 11.1. The quantitative estimate of drug-likeness (QED) is 0.308. The number of ether oxygens (including phenoxy) is 7. The van der Waals surface area contributed by atoms with Gasteiger partial charge in [0.25, 0.3) is 6.29 Å². The van der Waals surface area contributed by atoms with E-state index in [0.717, 1.165) is 0 Å². The summed E-state index contributed by atoms with van der Waals surface area (Å²) in [5.41, 5.74) is 3.24. The number of aliphatic hydroxyl groups is 2. The highest BCUT2D eigenvalue weighted by Gasteiger charge is 2.78. The van der Waals surface area contributed by atoms with Crippen LogP contribution in [-0.2, 0) is 34.9 Å². The smallest absolute Gasteiger partial charge is 0.315 e. The summed E-state index contributed by atoms with van der Waals surface area (Å²) in [7, 11) is 4.44. The van der Waals surface area contributed by atoms with E-state index in [-0.39, 0.29) is 12.2 Å². The number of carbonyl (C=O) groups excluding carboxylic acids is 1. The SMILES string of the molecule is COc1ccc(C23Oc4cccc(OC)c4C2(O)C(O)C(C(=O)O[C@@H]2O[C@@H](CCN)CO[C@H]2OC)C3c2ccccc2)cc1. The van der Waals surface area contributed by atoms with Crippen LogP contribution in [0.5, 0.6) is 17.2 Å². The molecule has 11 heteroatoms. The number of hydrogen-bond donors (Lipinski definition) is 3. The lowest BCUT2D eigenvalue weighted by Gasteiger charge is -2.41. The fraction of sp³-hybridized carbons (Fsp3) is 0.424. The molecule has 8 atom stereocenters. The van der Waals surface area contributed by atoms with E-state index in [0.29, 0.717) is 41.3 Å². The Balaban J connectivity index is 1.52. The van der Waals surface area contributed by atoms with Gasteiger partial charge >= 0.3 is 5.97 Å². The molecular formula is C33H37NO10. The summed E-state index contributed by atoms with van der Waals surface area (Å²) in [6.07, 6.45) is -3.90. The summed E-state index contributed by atoms with van der Waals surface area (Å²) in [6.45, 7) is 0.562. The maximum Gasteiger partial charge on any atom is 0.315 e. The molecule has 4 N–H and O–H groups in total. The number of rotatable bonds is 9. The van der Waals surface area contributed by atoms with Crippen LogP contribution in [-0.4, -0.2) is 75.5 Å². The van der Waals surface area contributed by atoms with Gasteiger partial charge in [0.05, 0.1) is 38.4 Å². The van der Waals surface area contributed by atoms with E-state index < -0.39 is 53.8 Å². The second kappa shape index (κ2) is 12.0. The van der Waals surface area contributed by atoms with Crippen molar-refractivity contribution in [3.05, 3.63) is 89.5 Å². The minimum Gasteiger partial charge on any atom is -0.497 e. The summed E-state index contributed by atoms with van der Waals surface area (Å²) >= 11 is 0. The zero-order valence-electron chi connectivity index (χ0n) is 24.8. The molecule has 6 rings (SSSR count). The largest absolute Gasteiger partial charge is 0.497 e. The van der Waals surface area contributed by atoms with Gasteiger partial charge in [0.2, 0.25) is 6.29 Å². The Labute approximate surface area is 255 Å². The zero-order valence-corrected chi connectivity index (χ0v) is 24.8. The summed E-state index contributed by atoms with van der Waals surface area (Å²) < 4.78 is 40.9. The lowest BCUT2D eigenvalue weighted by molar-refractivity contribution is -0.326. The van der Waals surface area contributed by atoms with Crippen molar-refractivity contribution in [2.24, 2.45) is 11.7 Å². The van der Waals surface area contributed by atoms with Gasteiger partial charge in [-0.25, -0.2) is 0 Å². The summed E-state index contributed by atoms with van der Waals surface area (Å²) in [5, 5.41) is 25.2. The van der Waals surface area contributed by atoms with Gasteiger partial charge in [-0.3, -0.25) is 4.79 Å². The molecule has 0 amide bonds. The average molecular weight is 608 g/mol. The lowest BCUT2D eigenvalue weighted by atomic mass is 9.70. The van der Waals surface area contributed by atoms with Gasteiger partial charge in [0.15, 0.2) is 11.2 Å². The van der Waals surface area contributed by atoms with Gasteiger partial charge in [-0.2, -0.15) is 0 Å². The van der Waals surface area contributed by atoms with E-state index in [9.17, 15) is 15.0 Å². The summed E-state index contributed by atoms with van der Waals surface area (Å²) in [5.74, 6) is -1.91. The Morgan fingerprint density at radius 3 is 2.39 bits per heavy atom. The molecule has 0 spiro atoms. The highest BCUT2D eigenvalue weighted by Crippen LogP contribution is 2.70. The molecule has 0 radical (unpaired) electrons. The number of fused-ring (bicyclic) bond motifs is 3. The molecule has 5 unspecified atom stereocenters. The molecule has 44 heavy (non-hydrogen) atoms. The Morgan fingerprint density at radius 1 is 0.977 bits per heavy atom. The Kier molecular flexibility index (Phi) is 8.27. The van der Waals surface area contributed by atoms with E-state index in [2.05, 4.69) is 0 Å². The molecule has 2 fully saturated rings. The van der Waals surface area contributed by atoms with Crippen molar-refractivity contribution in [1.29, 1.82) is 0 Å². The number of carbonyl (C=O) groups is 1. The Hall–Kier alpha value is -3.71. The van der Waals surface area contributed by atoms with E-state index >= 15 is 0 Å². The van der Waals surface area contributed by atoms with Crippen molar-refractivity contribution in [2.75, 3.05) is 34.5 Å². The maximum absolute atomic E-state index is 14.3. The van der Waals surface area contributed by atoms with Gasteiger partial charge in [0.1, 0.15) is 23.4 Å². The number of esters is 1. The molecule has 0 aromatic heterocycles. The molecule has 1 saturated carbocycles. The fourth-order valence-electron chi connectivity index (χ4n) is 6.97. The van der Waals surface area contributed by atoms with Crippen molar-refractivity contribution in [2.45, 2.75) is 48.3 Å². The molecule has 3 aromatic rings. The van der Waals surface area contributed by atoms with Crippen LogP contribution in [0, 0.1) is 5.92 Å². The minimum absolute atomic E-state index is 0.215. The number of aliphatic hydroxyl groups excluding tert-OH is 1. The third-order valence-corrected chi connectivity index (χ3v) is 8.89. The predicted octanol–water partition coefficient (Wildman–Crippen LogP) is 2.56. The fourth-order valence-corrected chi connectivity index (χ4v) is 6.97. The molecule has 3 aliphatic rings. The lowest BCUT2D eigenvalue weighted by Crippen LogP contribution is -2.52. The van der Waals surface area contributed by atoms with Gasteiger partial charge in [-0.05, 0) is 48.4 Å². The van der Waals surface area contributed by atoms with Crippen LogP contribution in [0.1, 0.15) is 29.0 Å². The van der Waals surface area contributed by atoms with E-state index in [1.807, 2.05) is 30.3 Å². The highest BCUT2D eigenvalue weighted by atomic mass is 16.8. The third kappa shape index (κ3) is 4.54. The first kappa shape index (κ1) is 30.3. The predicted molar refractivity (Wildman–Crippen MR) is 156 cm³/mol. The average Bonchev–Trinajstić information content (AvgIpc) is 3.44. The van der Waals surface area contributed by atoms with Crippen molar-refractivity contribution < 1.29 is 48.2 Å². The molecule has 3 aromatic carbocycles. The van der Waals surface area contributed by atoms with Crippen molar-refractivity contribution in [1.82, 2.24) is 0 Å². The van der Waals surface area contributed by atoms with E-state index in [1.54, 1.807) is 49.6 Å². The van der Waals surface area contributed by atoms with Gasteiger partial charge < -0.3 is 49.1 Å². The first-order chi connectivity index (χ1) is 21.3. The second-order valence-corrected chi connectivity index (χ2v) is 11.1. The number of benzene rings is 3. The molecule has 2 heterocycles. The maximum atomic E-state index is 14.3. The van der Waals surface area contributed by atoms with Crippen LogP contribution in [0.4, 0.5) is 0 Å². The van der Waals surface area contributed by atoms with Crippen molar-refractivity contribution >= 4 is 5.97 Å². The molecule has 1 aliphatic carbocycles. The minimum atomic E-state index is -2.17. The summed E-state index contributed by atoms with van der Waals surface area (Å²) in [6, 6.07) is 21.3. The number of methoxy groups -OCH3 is 3. The van der Waals surface area contributed by atoms with Gasteiger partial charge in [-0.15, -0.1) is 0 Å². The summed E-state index contributed by atoms with van der Waals surface area (Å²) in [4.78, 5) is 14.3. The Morgan fingerprint density at radius 2 is 1.73 bits per heavy atom. The van der Waals surface area contributed by atoms with Gasteiger partial charge in [0, 0.05) is 13.0 Å². The topological polar surface area (TPSA) is 148 Å².